The third kappa shape index (κ3) is 3.69. The fourth-order valence-electron chi connectivity index (χ4n) is 3.67. The molecule has 2 saturated heterocycles. The van der Waals surface area contributed by atoms with Gasteiger partial charge in [-0.1, -0.05) is 6.92 Å². The number of rotatable bonds is 5. The third-order valence-electron chi connectivity index (χ3n) is 5.10. The lowest BCUT2D eigenvalue weighted by Crippen LogP contribution is -2.41. The molecule has 0 spiro atoms. The van der Waals surface area contributed by atoms with Crippen molar-refractivity contribution in [3.8, 4) is 0 Å². The Balaban J connectivity index is 1.75. The maximum atomic E-state index is 3.55. The van der Waals surface area contributed by atoms with Crippen LogP contribution in [0.5, 0.6) is 0 Å². The molecule has 2 heterocycles. The number of piperidine rings is 1. The van der Waals surface area contributed by atoms with Crippen molar-refractivity contribution in [2.75, 3.05) is 53.4 Å². The summed E-state index contributed by atoms with van der Waals surface area (Å²) in [5.74, 6) is 0.925. The molecule has 18 heavy (non-hydrogen) atoms. The van der Waals surface area contributed by atoms with Crippen LogP contribution in [0.3, 0.4) is 0 Å². The highest BCUT2D eigenvalue weighted by molar-refractivity contribution is 4.89. The molecule has 106 valence electrons. The van der Waals surface area contributed by atoms with E-state index in [2.05, 4.69) is 36.1 Å². The molecule has 2 aliphatic heterocycles. The first kappa shape index (κ1) is 14.3. The van der Waals surface area contributed by atoms with Gasteiger partial charge in [-0.3, -0.25) is 0 Å². The molecule has 3 nitrogen and oxygen atoms in total. The SMILES string of the molecule is CCC1(CN(C)CC2CCN(C)CC2)CCNC1. The van der Waals surface area contributed by atoms with Crippen LogP contribution in [0.1, 0.15) is 32.6 Å². The van der Waals surface area contributed by atoms with E-state index >= 15 is 0 Å². The zero-order valence-corrected chi connectivity index (χ0v) is 12.5. The first-order valence-electron chi connectivity index (χ1n) is 7.71. The van der Waals surface area contributed by atoms with Crippen LogP contribution in [0.25, 0.3) is 0 Å². The first-order chi connectivity index (χ1) is 8.63. The molecule has 3 heteroatoms. The second-order valence-electron chi connectivity index (χ2n) is 6.72. The molecule has 0 bridgehead atoms. The van der Waals surface area contributed by atoms with E-state index in [0.717, 1.165) is 5.92 Å². The summed E-state index contributed by atoms with van der Waals surface area (Å²) < 4.78 is 0. The monoisotopic (exact) mass is 253 g/mol. The van der Waals surface area contributed by atoms with Gasteiger partial charge in [-0.05, 0) is 70.7 Å². The van der Waals surface area contributed by atoms with Crippen molar-refractivity contribution in [2.24, 2.45) is 11.3 Å². The quantitative estimate of drug-likeness (QED) is 0.804. The van der Waals surface area contributed by atoms with Gasteiger partial charge in [0, 0.05) is 19.6 Å². The minimum Gasteiger partial charge on any atom is -0.316 e. The van der Waals surface area contributed by atoms with Crippen LogP contribution in [0.2, 0.25) is 0 Å². The molecule has 2 aliphatic rings. The summed E-state index contributed by atoms with van der Waals surface area (Å²) in [4.78, 5) is 5.07. The van der Waals surface area contributed by atoms with E-state index in [1.807, 2.05) is 0 Å². The Bertz CT molecular complexity index is 240. The Morgan fingerprint density at radius 3 is 2.61 bits per heavy atom. The molecule has 2 fully saturated rings. The van der Waals surface area contributed by atoms with Crippen LogP contribution in [-0.2, 0) is 0 Å². The minimum atomic E-state index is 0.556. The van der Waals surface area contributed by atoms with Gasteiger partial charge in [-0.25, -0.2) is 0 Å². The average molecular weight is 253 g/mol. The van der Waals surface area contributed by atoms with E-state index in [0.29, 0.717) is 5.41 Å². The predicted octanol–water partition coefficient (Wildman–Crippen LogP) is 1.65. The maximum absolute atomic E-state index is 3.55. The highest BCUT2D eigenvalue weighted by atomic mass is 15.1. The summed E-state index contributed by atoms with van der Waals surface area (Å²) in [5.41, 5.74) is 0.556. The lowest BCUT2D eigenvalue weighted by Gasteiger charge is -2.36. The summed E-state index contributed by atoms with van der Waals surface area (Å²) in [6.07, 6.45) is 5.45. The van der Waals surface area contributed by atoms with Crippen molar-refractivity contribution in [3.05, 3.63) is 0 Å². The summed E-state index contributed by atoms with van der Waals surface area (Å²) in [6, 6.07) is 0. The summed E-state index contributed by atoms with van der Waals surface area (Å²) in [5, 5.41) is 3.55. The summed E-state index contributed by atoms with van der Waals surface area (Å²) in [7, 11) is 4.57. The molecular weight excluding hydrogens is 222 g/mol. The molecule has 1 N–H and O–H groups in total. The van der Waals surface area contributed by atoms with Crippen LogP contribution >= 0.6 is 0 Å². The van der Waals surface area contributed by atoms with Gasteiger partial charge >= 0.3 is 0 Å². The van der Waals surface area contributed by atoms with Crippen LogP contribution in [-0.4, -0.2) is 63.2 Å². The van der Waals surface area contributed by atoms with Gasteiger partial charge in [0.25, 0.3) is 0 Å². The fraction of sp³-hybridized carbons (Fsp3) is 1.00. The van der Waals surface area contributed by atoms with Crippen molar-refractivity contribution in [1.29, 1.82) is 0 Å². The summed E-state index contributed by atoms with van der Waals surface area (Å²) >= 11 is 0. The number of nitrogens with one attached hydrogen (secondary N) is 1. The van der Waals surface area contributed by atoms with Gasteiger partial charge in [0.15, 0.2) is 0 Å². The molecule has 0 aromatic carbocycles. The Hall–Kier alpha value is -0.120. The minimum absolute atomic E-state index is 0.556. The molecule has 1 unspecified atom stereocenters. The van der Waals surface area contributed by atoms with Crippen LogP contribution in [0.15, 0.2) is 0 Å². The third-order valence-corrected chi connectivity index (χ3v) is 5.10. The molecule has 1 atom stereocenters. The smallest absolute Gasteiger partial charge is 0.00476 e. The number of nitrogens with zero attached hydrogens (tertiary/aromatic N) is 2. The highest BCUT2D eigenvalue weighted by Gasteiger charge is 2.33. The van der Waals surface area contributed by atoms with E-state index in [1.54, 1.807) is 0 Å². The van der Waals surface area contributed by atoms with Gasteiger partial charge in [0.2, 0.25) is 0 Å². The lowest BCUT2D eigenvalue weighted by molar-refractivity contribution is 0.135. The molecule has 0 amide bonds. The standard InChI is InChI=1S/C15H31N3/c1-4-15(7-8-16-12-15)13-18(3)11-14-5-9-17(2)10-6-14/h14,16H,4-13H2,1-3H3. The average Bonchev–Trinajstić information content (AvgIpc) is 2.81. The Kier molecular flexibility index (Phi) is 5.05. The van der Waals surface area contributed by atoms with E-state index in [-0.39, 0.29) is 0 Å². The fourth-order valence-corrected chi connectivity index (χ4v) is 3.67. The molecule has 0 aliphatic carbocycles. The van der Waals surface area contributed by atoms with Crippen molar-refractivity contribution in [2.45, 2.75) is 32.6 Å². The van der Waals surface area contributed by atoms with Crippen LogP contribution < -0.4 is 5.32 Å². The van der Waals surface area contributed by atoms with Crippen LogP contribution in [0, 0.1) is 11.3 Å². The van der Waals surface area contributed by atoms with Crippen LogP contribution in [0.4, 0.5) is 0 Å². The second-order valence-corrected chi connectivity index (χ2v) is 6.72. The van der Waals surface area contributed by atoms with E-state index in [9.17, 15) is 0 Å². The number of likely N-dealkylation sites (tertiary alicyclic amines) is 1. The van der Waals surface area contributed by atoms with Gasteiger partial charge in [0.05, 0.1) is 0 Å². The van der Waals surface area contributed by atoms with Gasteiger partial charge < -0.3 is 15.1 Å². The van der Waals surface area contributed by atoms with Gasteiger partial charge in [-0.2, -0.15) is 0 Å². The molecule has 2 rings (SSSR count). The molecule has 0 radical (unpaired) electrons. The van der Waals surface area contributed by atoms with Crippen molar-refractivity contribution in [3.63, 3.8) is 0 Å². The van der Waals surface area contributed by atoms with Gasteiger partial charge in [0.1, 0.15) is 0 Å². The molecule has 0 aromatic heterocycles. The molecular formula is C15H31N3. The Morgan fingerprint density at radius 2 is 2.06 bits per heavy atom. The van der Waals surface area contributed by atoms with Crippen molar-refractivity contribution in [1.82, 2.24) is 15.1 Å². The molecule has 0 aromatic rings. The number of hydrogen-bond acceptors (Lipinski definition) is 3. The predicted molar refractivity (Wildman–Crippen MR) is 77.9 cm³/mol. The zero-order valence-electron chi connectivity index (χ0n) is 12.5. The molecule has 0 saturated carbocycles. The Morgan fingerprint density at radius 1 is 1.33 bits per heavy atom. The normalized spacial score (nSPS) is 31.3. The lowest BCUT2D eigenvalue weighted by atomic mass is 9.83. The van der Waals surface area contributed by atoms with E-state index in [4.69, 9.17) is 0 Å². The highest BCUT2D eigenvalue weighted by Crippen LogP contribution is 2.30. The summed E-state index contributed by atoms with van der Waals surface area (Å²) in [6.45, 7) is 9.96. The topological polar surface area (TPSA) is 18.5 Å². The van der Waals surface area contributed by atoms with Crippen molar-refractivity contribution < 1.29 is 0 Å². The zero-order chi connectivity index (χ0) is 13.0. The van der Waals surface area contributed by atoms with E-state index < -0.39 is 0 Å². The maximum Gasteiger partial charge on any atom is 0.00476 e. The number of hydrogen-bond donors (Lipinski definition) is 1. The van der Waals surface area contributed by atoms with E-state index in [1.165, 1.54) is 65.0 Å². The first-order valence-corrected chi connectivity index (χ1v) is 7.71. The van der Waals surface area contributed by atoms with Gasteiger partial charge in [-0.15, -0.1) is 0 Å². The Labute approximate surface area is 113 Å². The largest absolute Gasteiger partial charge is 0.316 e. The second kappa shape index (κ2) is 6.36. The van der Waals surface area contributed by atoms with Crippen molar-refractivity contribution >= 4 is 0 Å².